The molecule has 0 fully saturated rings. The lowest BCUT2D eigenvalue weighted by atomic mass is 10.2. The molecule has 2 heterocycles. The van der Waals surface area contributed by atoms with Crippen LogP contribution >= 0.6 is 0 Å². The van der Waals surface area contributed by atoms with Gasteiger partial charge in [-0.2, -0.15) is 0 Å². The van der Waals surface area contributed by atoms with Crippen LogP contribution in [-0.2, 0) is 16.1 Å². The van der Waals surface area contributed by atoms with Crippen molar-refractivity contribution in [3.05, 3.63) is 65.0 Å². The minimum Gasteiger partial charge on any atom is -0.489 e. The highest BCUT2D eigenvalue weighted by atomic mass is 16.7. The third-order valence-corrected chi connectivity index (χ3v) is 4.93. The summed E-state index contributed by atoms with van der Waals surface area (Å²) >= 11 is 0. The summed E-state index contributed by atoms with van der Waals surface area (Å²) in [6, 6.07) is 11.6. The lowest BCUT2D eigenvalue weighted by molar-refractivity contribution is -0.123. The molecule has 0 unspecified atom stereocenters. The fraction of sp³-hybridized carbons (Fsp3) is 0.261. The number of benzene rings is 2. The molecule has 2 aromatic carbocycles. The van der Waals surface area contributed by atoms with E-state index in [2.05, 4.69) is 10.5 Å². The number of aryl methyl sites for hydroxylation is 2. The van der Waals surface area contributed by atoms with E-state index in [0.29, 0.717) is 28.7 Å². The number of amides is 1. The Labute approximate surface area is 184 Å². The van der Waals surface area contributed by atoms with Crippen LogP contribution in [0, 0.1) is 13.8 Å². The second kappa shape index (κ2) is 9.01. The van der Waals surface area contributed by atoms with Crippen LogP contribution in [0.1, 0.15) is 34.3 Å². The van der Waals surface area contributed by atoms with Crippen LogP contribution in [0.5, 0.6) is 17.2 Å². The molecule has 32 heavy (non-hydrogen) atoms. The third kappa shape index (κ3) is 4.66. The van der Waals surface area contributed by atoms with Crippen LogP contribution in [0.3, 0.4) is 0 Å². The Morgan fingerprint density at radius 2 is 1.94 bits per heavy atom. The molecule has 1 aromatic heterocycles. The fourth-order valence-electron chi connectivity index (χ4n) is 3.08. The summed E-state index contributed by atoms with van der Waals surface area (Å²) in [5.74, 6) is 1.21. The van der Waals surface area contributed by atoms with Crippen LogP contribution in [0.2, 0.25) is 0 Å². The van der Waals surface area contributed by atoms with Crippen molar-refractivity contribution < 1.29 is 33.1 Å². The molecule has 0 spiro atoms. The van der Waals surface area contributed by atoms with E-state index < -0.39 is 18.0 Å². The number of aromatic nitrogens is 1. The summed E-state index contributed by atoms with van der Waals surface area (Å²) in [4.78, 5) is 25.0. The Bertz CT molecular complexity index is 1140. The van der Waals surface area contributed by atoms with Crippen molar-refractivity contribution in [3.63, 3.8) is 0 Å². The van der Waals surface area contributed by atoms with E-state index in [1.807, 2.05) is 13.8 Å². The van der Waals surface area contributed by atoms with E-state index in [1.165, 1.54) is 6.92 Å². The van der Waals surface area contributed by atoms with Gasteiger partial charge in [0, 0.05) is 11.8 Å². The van der Waals surface area contributed by atoms with Crippen molar-refractivity contribution in [2.24, 2.45) is 0 Å². The molecule has 0 saturated carbocycles. The molecule has 0 bridgehead atoms. The maximum atomic E-state index is 12.5. The van der Waals surface area contributed by atoms with Crippen LogP contribution in [0.15, 0.2) is 47.0 Å². The number of anilines is 1. The van der Waals surface area contributed by atoms with E-state index in [1.54, 1.807) is 42.5 Å². The van der Waals surface area contributed by atoms with Gasteiger partial charge in [-0.3, -0.25) is 4.79 Å². The molecule has 3 aromatic rings. The second-order valence-electron chi connectivity index (χ2n) is 7.22. The van der Waals surface area contributed by atoms with Gasteiger partial charge in [-0.05, 0) is 51.1 Å². The average Bonchev–Trinajstić information content (AvgIpc) is 3.38. The number of nitrogens with one attached hydrogen (secondary N) is 1. The first-order valence-electron chi connectivity index (χ1n) is 9.97. The Morgan fingerprint density at radius 1 is 1.12 bits per heavy atom. The minimum atomic E-state index is -1.01. The molecule has 0 saturated heterocycles. The number of hydrogen-bond donors (Lipinski definition) is 1. The van der Waals surface area contributed by atoms with Crippen LogP contribution in [0.25, 0.3) is 0 Å². The van der Waals surface area contributed by atoms with Crippen LogP contribution in [0.4, 0.5) is 5.69 Å². The molecule has 1 aliphatic rings. The zero-order valence-electron chi connectivity index (χ0n) is 17.8. The lowest BCUT2D eigenvalue weighted by Crippen LogP contribution is -2.30. The minimum absolute atomic E-state index is 0.141. The molecule has 9 nitrogen and oxygen atoms in total. The summed E-state index contributed by atoms with van der Waals surface area (Å²) in [6.07, 6.45) is -1.01. The predicted molar refractivity (Wildman–Crippen MR) is 113 cm³/mol. The lowest BCUT2D eigenvalue weighted by Gasteiger charge is -2.14. The number of ether oxygens (including phenoxy) is 4. The number of esters is 1. The van der Waals surface area contributed by atoms with E-state index in [0.717, 1.165) is 11.3 Å². The molecule has 0 radical (unpaired) electrons. The average molecular weight is 438 g/mol. The topological polar surface area (TPSA) is 109 Å². The summed E-state index contributed by atoms with van der Waals surface area (Å²) < 4.78 is 26.7. The van der Waals surface area contributed by atoms with Gasteiger partial charge in [0.1, 0.15) is 18.1 Å². The van der Waals surface area contributed by atoms with Crippen molar-refractivity contribution in [1.29, 1.82) is 0 Å². The first-order valence-corrected chi connectivity index (χ1v) is 9.97. The number of hydrogen-bond acceptors (Lipinski definition) is 8. The van der Waals surface area contributed by atoms with Crippen LogP contribution in [-0.4, -0.2) is 29.9 Å². The zero-order valence-corrected chi connectivity index (χ0v) is 17.8. The van der Waals surface area contributed by atoms with Gasteiger partial charge in [0.05, 0.1) is 16.8 Å². The molecule has 0 aliphatic carbocycles. The smallest absolute Gasteiger partial charge is 0.339 e. The zero-order chi connectivity index (χ0) is 22.7. The van der Waals surface area contributed by atoms with E-state index >= 15 is 0 Å². The van der Waals surface area contributed by atoms with Crippen molar-refractivity contribution in [2.75, 3.05) is 12.1 Å². The fourth-order valence-corrected chi connectivity index (χ4v) is 3.08. The molecule has 1 amide bonds. The number of nitrogens with zero attached hydrogens (tertiary/aromatic N) is 1. The monoisotopic (exact) mass is 438 g/mol. The Balaban J connectivity index is 1.34. The van der Waals surface area contributed by atoms with Gasteiger partial charge in [0.15, 0.2) is 17.6 Å². The molecule has 4 rings (SSSR count). The van der Waals surface area contributed by atoms with Gasteiger partial charge in [0.25, 0.3) is 5.91 Å². The maximum absolute atomic E-state index is 12.5. The highest BCUT2D eigenvalue weighted by Crippen LogP contribution is 2.34. The SMILES string of the molecule is Cc1noc(C)c1COc1cccc(C(=O)O[C@H](C)C(=O)Nc2ccc3c(c2)OCO3)c1. The van der Waals surface area contributed by atoms with Gasteiger partial charge < -0.3 is 28.8 Å². The molecule has 1 aliphatic heterocycles. The van der Waals surface area contributed by atoms with Crippen molar-refractivity contribution in [2.45, 2.75) is 33.5 Å². The number of carbonyl (C=O) groups is 2. The maximum Gasteiger partial charge on any atom is 0.339 e. The van der Waals surface area contributed by atoms with Gasteiger partial charge in [-0.1, -0.05) is 11.2 Å². The van der Waals surface area contributed by atoms with E-state index in [4.69, 9.17) is 23.5 Å². The van der Waals surface area contributed by atoms with Crippen molar-refractivity contribution in [1.82, 2.24) is 5.16 Å². The normalized spacial score (nSPS) is 12.8. The number of carbonyl (C=O) groups excluding carboxylic acids is 2. The van der Waals surface area contributed by atoms with Gasteiger partial charge >= 0.3 is 5.97 Å². The summed E-state index contributed by atoms with van der Waals surface area (Å²) in [7, 11) is 0. The Kier molecular flexibility index (Phi) is 5.98. The van der Waals surface area contributed by atoms with Crippen molar-refractivity contribution >= 4 is 17.6 Å². The van der Waals surface area contributed by atoms with Crippen LogP contribution < -0.4 is 19.5 Å². The predicted octanol–water partition coefficient (Wildman–Crippen LogP) is 3.78. The van der Waals surface area contributed by atoms with Gasteiger partial charge in [-0.15, -0.1) is 0 Å². The summed E-state index contributed by atoms with van der Waals surface area (Å²) in [5.41, 5.74) is 2.38. The van der Waals surface area contributed by atoms with Crippen molar-refractivity contribution in [3.8, 4) is 17.2 Å². The quantitative estimate of drug-likeness (QED) is 0.555. The summed E-state index contributed by atoms with van der Waals surface area (Å²) in [5, 5.41) is 6.59. The van der Waals surface area contributed by atoms with Gasteiger partial charge in [0.2, 0.25) is 6.79 Å². The molecular weight excluding hydrogens is 416 g/mol. The Morgan fingerprint density at radius 3 is 2.72 bits per heavy atom. The van der Waals surface area contributed by atoms with E-state index in [-0.39, 0.29) is 19.0 Å². The largest absolute Gasteiger partial charge is 0.489 e. The highest BCUT2D eigenvalue weighted by molar-refractivity contribution is 5.97. The van der Waals surface area contributed by atoms with E-state index in [9.17, 15) is 9.59 Å². The highest BCUT2D eigenvalue weighted by Gasteiger charge is 2.21. The molecular formula is C23H22N2O7. The number of rotatable bonds is 7. The standard InChI is InChI=1S/C23H22N2O7/c1-13-19(14(2)32-25-13)11-28-18-6-4-5-16(9-18)23(27)31-15(3)22(26)24-17-7-8-20-21(10-17)30-12-29-20/h4-10,15H,11-12H2,1-3H3,(H,24,26)/t15-/m1/s1. The third-order valence-electron chi connectivity index (χ3n) is 4.93. The Hall–Kier alpha value is -4.01. The number of fused-ring (bicyclic) bond motifs is 1. The molecule has 166 valence electrons. The first kappa shape index (κ1) is 21.2. The summed E-state index contributed by atoms with van der Waals surface area (Å²) in [6.45, 7) is 5.54. The van der Waals surface area contributed by atoms with Gasteiger partial charge in [-0.25, -0.2) is 4.79 Å². The molecule has 1 N–H and O–H groups in total. The molecule has 9 heteroatoms. The first-order chi connectivity index (χ1) is 15.4. The molecule has 1 atom stereocenters. The second-order valence-corrected chi connectivity index (χ2v) is 7.22.